The fraction of sp³-hybridized carbons (Fsp3) is 0.385. The summed E-state index contributed by atoms with van der Waals surface area (Å²) < 4.78 is 13.3. The lowest BCUT2D eigenvalue weighted by molar-refractivity contribution is 0.0954. The lowest BCUT2D eigenvalue weighted by atomic mass is 10.2. The highest BCUT2D eigenvalue weighted by Gasteiger charge is 2.13. The Morgan fingerprint density at radius 2 is 2.24 bits per heavy atom. The Balaban J connectivity index is 1.98. The molecule has 112 valence electrons. The number of pyridine rings is 1. The highest BCUT2D eigenvalue weighted by molar-refractivity contribution is 5.98. The standard InChI is InChI=1S/C13H17FN6O/c1-2-4-15-12-10(6-9(14)7-17-12)13(21)16-5-3-11-18-8-19-20-11/h6-8H,2-5H2,1H3,(H,15,17)(H,16,21)(H,18,19,20). The second kappa shape index (κ2) is 7.32. The number of hydrogen-bond acceptors (Lipinski definition) is 5. The molecule has 0 atom stereocenters. The van der Waals surface area contributed by atoms with Gasteiger partial charge in [0.25, 0.3) is 5.91 Å². The van der Waals surface area contributed by atoms with E-state index in [0.29, 0.717) is 31.2 Å². The second-order valence-corrected chi connectivity index (χ2v) is 4.41. The summed E-state index contributed by atoms with van der Waals surface area (Å²) in [5, 5.41) is 12.1. The topological polar surface area (TPSA) is 95.6 Å². The Bertz CT molecular complexity index is 586. The van der Waals surface area contributed by atoms with Crippen molar-refractivity contribution in [2.24, 2.45) is 0 Å². The molecule has 3 N–H and O–H groups in total. The average Bonchev–Trinajstić information content (AvgIpc) is 2.99. The number of nitrogens with one attached hydrogen (secondary N) is 3. The monoisotopic (exact) mass is 292 g/mol. The highest BCUT2D eigenvalue weighted by atomic mass is 19.1. The number of carbonyl (C=O) groups is 1. The lowest BCUT2D eigenvalue weighted by Gasteiger charge is -2.10. The van der Waals surface area contributed by atoms with Crippen molar-refractivity contribution in [3.8, 4) is 0 Å². The minimum atomic E-state index is -0.544. The number of rotatable bonds is 7. The van der Waals surface area contributed by atoms with E-state index < -0.39 is 5.82 Å². The summed E-state index contributed by atoms with van der Waals surface area (Å²) in [6.07, 6.45) is 3.89. The number of halogens is 1. The van der Waals surface area contributed by atoms with Crippen LogP contribution in [0.1, 0.15) is 29.5 Å². The van der Waals surface area contributed by atoms with Crippen LogP contribution >= 0.6 is 0 Å². The zero-order valence-electron chi connectivity index (χ0n) is 11.7. The Labute approximate surface area is 121 Å². The fourth-order valence-electron chi connectivity index (χ4n) is 1.74. The zero-order valence-corrected chi connectivity index (χ0v) is 11.7. The summed E-state index contributed by atoms with van der Waals surface area (Å²) in [7, 11) is 0. The van der Waals surface area contributed by atoms with Crippen molar-refractivity contribution < 1.29 is 9.18 Å². The van der Waals surface area contributed by atoms with E-state index in [-0.39, 0.29) is 11.5 Å². The van der Waals surface area contributed by atoms with Crippen LogP contribution in [0.2, 0.25) is 0 Å². The molecule has 7 nitrogen and oxygen atoms in total. The molecule has 0 saturated heterocycles. The lowest BCUT2D eigenvalue weighted by Crippen LogP contribution is -2.27. The molecule has 0 saturated carbocycles. The number of amides is 1. The Morgan fingerprint density at radius 1 is 1.38 bits per heavy atom. The molecule has 2 aromatic heterocycles. The summed E-state index contributed by atoms with van der Waals surface area (Å²) in [5.74, 6) is 0.143. The number of carbonyl (C=O) groups excluding carboxylic acids is 1. The zero-order chi connectivity index (χ0) is 15.1. The summed E-state index contributed by atoms with van der Waals surface area (Å²) in [4.78, 5) is 20.0. The number of aromatic amines is 1. The van der Waals surface area contributed by atoms with E-state index in [0.717, 1.165) is 12.6 Å². The van der Waals surface area contributed by atoms with Gasteiger partial charge in [-0.2, -0.15) is 5.10 Å². The molecule has 0 fully saturated rings. The summed E-state index contributed by atoms with van der Waals surface area (Å²) >= 11 is 0. The van der Waals surface area contributed by atoms with Gasteiger partial charge in [-0.25, -0.2) is 14.4 Å². The average molecular weight is 292 g/mol. The van der Waals surface area contributed by atoms with Gasteiger partial charge in [-0.1, -0.05) is 6.92 Å². The number of nitrogens with zero attached hydrogens (tertiary/aromatic N) is 3. The fourth-order valence-corrected chi connectivity index (χ4v) is 1.74. The van der Waals surface area contributed by atoms with Gasteiger partial charge in [0.05, 0.1) is 11.8 Å². The van der Waals surface area contributed by atoms with E-state index in [1.807, 2.05) is 6.92 Å². The van der Waals surface area contributed by atoms with Crippen molar-refractivity contribution in [3.63, 3.8) is 0 Å². The van der Waals surface area contributed by atoms with Gasteiger partial charge in [-0.05, 0) is 12.5 Å². The van der Waals surface area contributed by atoms with Gasteiger partial charge in [0.1, 0.15) is 23.8 Å². The van der Waals surface area contributed by atoms with Crippen molar-refractivity contribution in [1.29, 1.82) is 0 Å². The molecule has 0 aliphatic carbocycles. The Hall–Kier alpha value is -2.51. The first kappa shape index (κ1) is 14.9. The van der Waals surface area contributed by atoms with Crippen LogP contribution in [0.4, 0.5) is 10.2 Å². The predicted octanol–water partition coefficient (Wildman–Crippen LogP) is 1.13. The number of aromatic nitrogens is 4. The van der Waals surface area contributed by atoms with Crippen molar-refractivity contribution in [2.75, 3.05) is 18.4 Å². The maximum atomic E-state index is 13.3. The highest BCUT2D eigenvalue weighted by Crippen LogP contribution is 2.13. The normalized spacial score (nSPS) is 10.4. The largest absolute Gasteiger partial charge is 0.369 e. The third-order valence-corrected chi connectivity index (χ3v) is 2.75. The molecule has 2 rings (SSSR count). The van der Waals surface area contributed by atoms with E-state index in [9.17, 15) is 9.18 Å². The van der Waals surface area contributed by atoms with Crippen LogP contribution in [0.3, 0.4) is 0 Å². The van der Waals surface area contributed by atoms with Crippen molar-refractivity contribution >= 4 is 11.7 Å². The molecule has 0 bridgehead atoms. The molecule has 1 amide bonds. The number of hydrogen-bond donors (Lipinski definition) is 3. The van der Waals surface area contributed by atoms with Crippen LogP contribution in [0.25, 0.3) is 0 Å². The van der Waals surface area contributed by atoms with E-state index in [2.05, 4.69) is 30.8 Å². The molecule has 0 spiro atoms. The number of anilines is 1. The molecule has 0 unspecified atom stereocenters. The van der Waals surface area contributed by atoms with Gasteiger partial charge >= 0.3 is 0 Å². The maximum Gasteiger partial charge on any atom is 0.255 e. The quantitative estimate of drug-likeness (QED) is 0.711. The molecule has 0 aliphatic heterocycles. The van der Waals surface area contributed by atoms with Gasteiger partial charge in [-0.3, -0.25) is 9.89 Å². The van der Waals surface area contributed by atoms with Crippen LogP contribution in [0.15, 0.2) is 18.6 Å². The minimum Gasteiger partial charge on any atom is -0.369 e. The van der Waals surface area contributed by atoms with Gasteiger partial charge in [0, 0.05) is 19.5 Å². The Morgan fingerprint density at radius 3 is 2.95 bits per heavy atom. The predicted molar refractivity (Wildman–Crippen MR) is 75.4 cm³/mol. The Kier molecular flexibility index (Phi) is 5.19. The van der Waals surface area contributed by atoms with Crippen LogP contribution in [-0.4, -0.2) is 39.2 Å². The van der Waals surface area contributed by atoms with Crippen LogP contribution < -0.4 is 10.6 Å². The van der Waals surface area contributed by atoms with E-state index in [4.69, 9.17) is 0 Å². The second-order valence-electron chi connectivity index (χ2n) is 4.41. The number of H-pyrrole nitrogens is 1. The minimum absolute atomic E-state index is 0.195. The maximum absolute atomic E-state index is 13.3. The van der Waals surface area contributed by atoms with E-state index in [1.165, 1.54) is 12.4 Å². The molecule has 2 heterocycles. The molecule has 0 radical (unpaired) electrons. The van der Waals surface area contributed by atoms with Crippen molar-refractivity contribution in [3.05, 3.63) is 35.8 Å². The van der Waals surface area contributed by atoms with Crippen molar-refractivity contribution in [2.45, 2.75) is 19.8 Å². The van der Waals surface area contributed by atoms with E-state index >= 15 is 0 Å². The van der Waals surface area contributed by atoms with Gasteiger partial charge in [-0.15, -0.1) is 0 Å². The van der Waals surface area contributed by atoms with Gasteiger partial charge < -0.3 is 10.6 Å². The first-order valence-corrected chi connectivity index (χ1v) is 6.72. The van der Waals surface area contributed by atoms with E-state index in [1.54, 1.807) is 0 Å². The molecule has 21 heavy (non-hydrogen) atoms. The van der Waals surface area contributed by atoms with Crippen LogP contribution in [0.5, 0.6) is 0 Å². The summed E-state index contributed by atoms with van der Waals surface area (Å²) in [6.45, 7) is 3.03. The third kappa shape index (κ3) is 4.23. The molecule has 8 heteroatoms. The summed E-state index contributed by atoms with van der Waals surface area (Å²) in [6, 6.07) is 1.18. The first-order valence-electron chi connectivity index (χ1n) is 6.72. The smallest absolute Gasteiger partial charge is 0.255 e. The van der Waals surface area contributed by atoms with Gasteiger partial charge in [0.2, 0.25) is 0 Å². The molecule has 0 aromatic carbocycles. The first-order chi connectivity index (χ1) is 10.2. The van der Waals surface area contributed by atoms with Gasteiger partial charge in [0.15, 0.2) is 0 Å². The van der Waals surface area contributed by atoms with Crippen molar-refractivity contribution in [1.82, 2.24) is 25.5 Å². The molecule has 0 aliphatic rings. The molecule has 2 aromatic rings. The molecular weight excluding hydrogens is 275 g/mol. The van der Waals surface area contributed by atoms with Crippen LogP contribution in [0, 0.1) is 5.82 Å². The summed E-state index contributed by atoms with van der Waals surface area (Å²) in [5.41, 5.74) is 0.195. The SMILES string of the molecule is CCCNc1ncc(F)cc1C(=O)NCCc1ncn[nH]1. The third-order valence-electron chi connectivity index (χ3n) is 2.75. The molecular formula is C13H17FN6O. The van der Waals surface area contributed by atoms with Crippen LogP contribution in [-0.2, 0) is 6.42 Å².